The number of hydrogen-bond acceptors (Lipinski definition) is 3. The Hall–Kier alpha value is -2.04. The van der Waals surface area contributed by atoms with Gasteiger partial charge in [-0.25, -0.2) is 4.79 Å². The van der Waals surface area contributed by atoms with E-state index in [-0.39, 0.29) is 24.0 Å². The second-order valence-electron chi connectivity index (χ2n) is 5.87. The predicted octanol–water partition coefficient (Wildman–Crippen LogP) is 2.26. The molecule has 2 rings (SSSR count). The number of carbonyl (C=O) groups is 2. The third-order valence-corrected chi connectivity index (χ3v) is 3.37. The van der Waals surface area contributed by atoms with Crippen LogP contribution in [0, 0.1) is 0 Å². The molecule has 0 bridgehead atoms. The second kappa shape index (κ2) is 5.15. The van der Waals surface area contributed by atoms with Crippen LogP contribution in [0.5, 0.6) is 5.75 Å². The van der Waals surface area contributed by atoms with E-state index >= 15 is 0 Å². The maximum atomic E-state index is 12.3. The maximum Gasteiger partial charge on any atom is 0.327 e. The van der Waals surface area contributed by atoms with E-state index in [4.69, 9.17) is 4.74 Å². The lowest BCUT2D eigenvalue weighted by Crippen LogP contribution is -2.44. The molecule has 0 aliphatic carbocycles. The van der Waals surface area contributed by atoms with Crippen molar-refractivity contribution in [2.24, 2.45) is 0 Å². The van der Waals surface area contributed by atoms with Crippen LogP contribution in [0.4, 0.5) is 4.79 Å². The zero-order valence-corrected chi connectivity index (χ0v) is 12.3. The molecule has 0 spiro atoms. The Morgan fingerprint density at radius 1 is 1.15 bits per heavy atom. The van der Waals surface area contributed by atoms with Crippen LogP contribution in [0.25, 0.3) is 0 Å². The summed E-state index contributed by atoms with van der Waals surface area (Å²) in [5, 5.41) is 0. The summed E-state index contributed by atoms with van der Waals surface area (Å²) in [4.78, 5) is 27.2. The third-order valence-electron chi connectivity index (χ3n) is 3.37. The van der Waals surface area contributed by atoms with Crippen LogP contribution in [-0.2, 0) is 11.3 Å². The summed E-state index contributed by atoms with van der Waals surface area (Å²) < 4.78 is 5.09. The fraction of sp³-hybridized carbons (Fsp3) is 0.467. The van der Waals surface area contributed by atoms with Gasteiger partial charge in [0.05, 0.1) is 13.7 Å². The van der Waals surface area contributed by atoms with Gasteiger partial charge in [-0.05, 0) is 38.5 Å². The standard InChI is InChI=1S/C15H20N2O3/c1-15(2,3)17-10-13(18)16(14(17)19)9-11-5-7-12(20-4)8-6-11/h5-8H,9-10H2,1-4H3. The number of methoxy groups -OCH3 is 1. The molecule has 0 saturated carbocycles. The first kappa shape index (κ1) is 14.4. The normalized spacial score (nSPS) is 16.0. The van der Waals surface area contributed by atoms with Crippen LogP contribution in [0.3, 0.4) is 0 Å². The number of benzene rings is 1. The fourth-order valence-electron chi connectivity index (χ4n) is 2.13. The average Bonchev–Trinajstić information content (AvgIpc) is 2.67. The van der Waals surface area contributed by atoms with Crippen LogP contribution in [0.1, 0.15) is 26.3 Å². The molecule has 0 radical (unpaired) electrons. The van der Waals surface area contributed by atoms with Crippen molar-refractivity contribution in [1.82, 2.24) is 9.80 Å². The van der Waals surface area contributed by atoms with Crippen LogP contribution in [-0.4, -0.2) is 40.9 Å². The highest BCUT2D eigenvalue weighted by atomic mass is 16.5. The summed E-state index contributed by atoms with van der Waals surface area (Å²) in [7, 11) is 1.60. The lowest BCUT2D eigenvalue weighted by molar-refractivity contribution is -0.125. The van der Waals surface area contributed by atoms with Gasteiger partial charge in [0, 0.05) is 5.54 Å². The van der Waals surface area contributed by atoms with Crippen LogP contribution in [0.15, 0.2) is 24.3 Å². The quantitative estimate of drug-likeness (QED) is 0.796. The molecule has 0 unspecified atom stereocenters. The van der Waals surface area contributed by atoms with Gasteiger partial charge in [0.1, 0.15) is 12.3 Å². The Labute approximate surface area is 119 Å². The molecule has 1 aliphatic rings. The Balaban J connectivity index is 2.13. The molecule has 5 nitrogen and oxygen atoms in total. The molecule has 3 amide bonds. The Bertz CT molecular complexity index is 517. The van der Waals surface area contributed by atoms with Crippen molar-refractivity contribution in [2.75, 3.05) is 13.7 Å². The predicted molar refractivity (Wildman–Crippen MR) is 75.4 cm³/mol. The van der Waals surface area contributed by atoms with Gasteiger partial charge in [-0.1, -0.05) is 12.1 Å². The SMILES string of the molecule is COc1ccc(CN2C(=O)CN(C(C)(C)C)C2=O)cc1. The van der Waals surface area contributed by atoms with Gasteiger partial charge in [0.15, 0.2) is 0 Å². The lowest BCUT2D eigenvalue weighted by atomic mass is 10.1. The summed E-state index contributed by atoms with van der Waals surface area (Å²) in [5.41, 5.74) is 0.560. The minimum Gasteiger partial charge on any atom is -0.497 e. The highest BCUT2D eigenvalue weighted by Gasteiger charge is 2.41. The summed E-state index contributed by atoms with van der Waals surface area (Å²) in [5.74, 6) is 0.602. The van der Waals surface area contributed by atoms with Gasteiger partial charge in [-0.15, -0.1) is 0 Å². The van der Waals surface area contributed by atoms with Crippen LogP contribution < -0.4 is 4.74 Å². The Morgan fingerprint density at radius 2 is 1.75 bits per heavy atom. The third kappa shape index (κ3) is 2.76. The molecule has 1 fully saturated rings. The molecule has 0 N–H and O–H groups in total. The molecule has 5 heteroatoms. The van der Waals surface area contributed by atoms with Crippen molar-refractivity contribution < 1.29 is 14.3 Å². The zero-order valence-electron chi connectivity index (χ0n) is 12.3. The van der Waals surface area contributed by atoms with Crippen molar-refractivity contribution in [2.45, 2.75) is 32.9 Å². The van der Waals surface area contributed by atoms with Gasteiger partial charge < -0.3 is 9.64 Å². The van der Waals surface area contributed by atoms with E-state index in [9.17, 15) is 9.59 Å². The highest BCUT2D eigenvalue weighted by Crippen LogP contribution is 2.23. The van der Waals surface area contributed by atoms with E-state index in [0.29, 0.717) is 6.54 Å². The Kier molecular flexibility index (Phi) is 3.70. The number of ether oxygens (including phenoxy) is 1. The van der Waals surface area contributed by atoms with E-state index in [0.717, 1.165) is 11.3 Å². The number of carbonyl (C=O) groups excluding carboxylic acids is 2. The molecule has 0 atom stereocenters. The average molecular weight is 276 g/mol. The van der Waals surface area contributed by atoms with Gasteiger partial charge in [0.25, 0.3) is 5.91 Å². The second-order valence-corrected chi connectivity index (χ2v) is 5.87. The smallest absolute Gasteiger partial charge is 0.327 e. The fourth-order valence-corrected chi connectivity index (χ4v) is 2.13. The monoisotopic (exact) mass is 276 g/mol. The number of urea groups is 1. The van der Waals surface area contributed by atoms with Crippen molar-refractivity contribution in [1.29, 1.82) is 0 Å². The van der Waals surface area contributed by atoms with Crippen LogP contribution in [0.2, 0.25) is 0 Å². The summed E-state index contributed by atoms with van der Waals surface area (Å²) >= 11 is 0. The first-order valence-electron chi connectivity index (χ1n) is 6.58. The molecule has 20 heavy (non-hydrogen) atoms. The van der Waals surface area contributed by atoms with E-state index in [2.05, 4.69) is 0 Å². The molecular weight excluding hydrogens is 256 g/mol. The van der Waals surface area contributed by atoms with Gasteiger partial charge in [-0.2, -0.15) is 0 Å². The van der Waals surface area contributed by atoms with Crippen molar-refractivity contribution in [3.63, 3.8) is 0 Å². The van der Waals surface area contributed by atoms with Gasteiger partial charge in [-0.3, -0.25) is 9.69 Å². The highest BCUT2D eigenvalue weighted by molar-refractivity contribution is 6.02. The molecule has 0 aromatic heterocycles. The number of imide groups is 1. The van der Waals surface area contributed by atoms with E-state index in [1.807, 2.05) is 45.0 Å². The van der Waals surface area contributed by atoms with E-state index in [1.165, 1.54) is 4.90 Å². The van der Waals surface area contributed by atoms with Crippen molar-refractivity contribution >= 4 is 11.9 Å². The number of amides is 3. The molecule has 1 heterocycles. The number of nitrogens with zero attached hydrogens (tertiary/aromatic N) is 2. The molecule has 1 saturated heterocycles. The first-order valence-corrected chi connectivity index (χ1v) is 6.58. The summed E-state index contributed by atoms with van der Waals surface area (Å²) in [6.07, 6.45) is 0. The van der Waals surface area contributed by atoms with Crippen molar-refractivity contribution in [3.05, 3.63) is 29.8 Å². The number of rotatable bonds is 3. The summed E-state index contributed by atoms with van der Waals surface area (Å²) in [6.45, 7) is 6.23. The van der Waals surface area contributed by atoms with Crippen molar-refractivity contribution in [3.8, 4) is 5.75 Å². The first-order chi connectivity index (χ1) is 9.32. The largest absolute Gasteiger partial charge is 0.497 e. The summed E-state index contributed by atoms with van der Waals surface area (Å²) in [6, 6.07) is 7.14. The molecular formula is C15H20N2O3. The lowest BCUT2D eigenvalue weighted by Gasteiger charge is -2.30. The van der Waals surface area contributed by atoms with Crippen LogP contribution >= 0.6 is 0 Å². The van der Waals surface area contributed by atoms with Gasteiger partial charge in [0.2, 0.25) is 0 Å². The molecule has 1 aromatic rings. The minimum atomic E-state index is -0.346. The topological polar surface area (TPSA) is 49.9 Å². The van der Waals surface area contributed by atoms with E-state index < -0.39 is 0 Å². The molecule has 1 aliphatic heterocycles. The van der Waals surface area contributed by atoms with E-state index in [1.54, 1.807) is 12.0 Å². The minimum absolute atomic E-state index is 0.151. The zero-order chi connectivity index (χ0) is 14.9. The Morgan fingerprint density at radius 3 is 2.20 bits per heavy atom. The number of hydrogen-bond donors (Lipinski definition) is 0. The molecule has 108 valence electrons. The molecule has 1 aromatic carbocycles. The maximum absolute atomic E-state index is 12.3. The van der Waals surface area contributed by atoms with Gasteiger partial charge >= 0.3 is 6.03 Å².